The van der Waals surface area contributed by atoms with Crippen molar-refractivity contribution in [1.82, 2.24) is 0 Å². The lowest BCUT2D eigenvalue weighted by molar-refractivity contribution is -0.689. The summed E-state index contributed by atoms with van der Waals surface area (Å²) in [6.07, 6.45) is 0.491. The molecule has 1 heterocycles. The molecule has 24 heavy (non-hydrogen) atoms. The Bertz CT molecular complexity index is 823. The third kappa shape index (κ3) is 1.30. The topological polar surface area (TPSA) is 106 Å². The molecule has 0 bridgehead atoms. The normalized spacial score (nSPS) is 35.5. The van der Waals surface area contributed by atoms with Crippen molar-refractivity contribution in [1.29, 1.82) is 10.5 Å². The molecule has 0 aromatic heterocycles. The van der Waals surface area contributed by atoms with Crippen LogP contribution in [0.3, 0.4) is 0 Å². The number of nitriles is 2. The van der Waals surface area contributed by atoms with Gasteiger partial charge in [-0.05, 0) is 24.1 Å². The molecule has 124 valence electrons. The van der Waals surface area contributed by atoms with Crippen LogP contribution in [0.5, 0.6) is 0 Å². The zero-order valence-corrected chi connectivity index (χ0v) is 14.4. The van der Waals surface area contributed by atoms with Gasteiger partial charge in [0.25, 0.3) is 5.84 Å². The molecule has 1 aromatic rings. The number of nitrogens with two attached hydrogens (primary N) is 1. The molecule has 1 aliphatic heterocycles. The highest BCUT2D eigenvalue weighted by Crippen LogP contribution is 2.83. The predicted molar refractivity (Wildman–Crippen MR) is 86.4 cm³/mol. The number of amidine groups is 1. The van der Waals surface area contributed by atoms with Crippen molar-refractivity contribution in [2.45, 2.75) is 24.7 Å². The fraction of sp³-hybridized carbons (Fsp3) is 0.471. The number of methoxy groups -OCH3 is 2. The van der Waals surface area contributed by atoms with E-state index in [1.165, 1.54) is 14.2 Å². The van der Waals surface area contributed by atoms with Gasteiger partial charge in [-0.1, -0.05) is 30.7 Å². The molecule has 0 saturated heterocycles. The van der Waals surface area contributed by atoms with Crippen LogP contribution in [0.15, 0.2) is 24.3 Å². The summed E-state index contributed by atoms with van der Waals surface area (Å²) in [6, 6.07) is 11.8. The van der Waals surface area contributed by atoms with Gasteiger partial charge < -0.3 is 9.47 Å². The van der Waals surface area contributed by atoms with Gasteiger partial charge in [0.2, 0.25) is 0 Å². The summed E-state index contributed by atoms with van der Waals surface area (Å²) in [5.74, 6) is -1.34. The maximum atomic E-state index is 10.2. The van der Waals surface area contributed by atoms with Crippen molar-refractivity contribution in [2.24, 2.45) is 16.6 Å². The second-order valence-electron chi connectivity index (χ2n) is 6.06. The summed E-state index contributed by atoms with van der Waals surface area (Å²) in [6.45, 7) is 1.92. The first-order valence-electron chi connectivity index (χ1n) is 7.53. The summed E-state index contributed by atoms with van der Waals surface area (Å²) in [4.78, 5) is 2.90. The van der Waals surface area contributed by atoms with Crippen molar-refractivity contribution in [3.8, 4) is 12.1 Å². The van der Waals surface area contributed by atoms with Crippen LogP contribution in [-0.2, 0) is 14.9 Å². The molecule has 0 amide bonds. The smallest absolute Gasteiger partial charge is 0.317 e. The van der Waals surface area contributed by atoms with Crippen LogP contribution in [0.2, 0.25) is 5.02 Å². The number of fused-ring (bicyclic) bond motifs is 1. The molecule has 3 atom stereocenters. The van der Waals surface area contributed by atoms with Gasteiger partial charge in [0, 0.05) is 19.2 Å². The Morgan fingerprint density at radius 1 is 1.25 bits per heavy atom. The van der Waals surface area contributed by atoms with E-state index in [1.807, 2.05) is 13.0 Å². The Kier molecular flexibility index (Phi) is 3.44. The van der Waals surface area contributed by atoms with E-state index in [1.54, 1.807) is 18.2 Å². The van der Waals surface area contributed by atoms with Crippen LogP contribution in [0.25, 0.3) is 0 Å². The number of hydrogen-bond acceptors (Lipinski definition) is 5. The van der Waals surface area contributed by atoms with Crippen LogP contribution in [0.1, 0.15) is 18.9 Å². The average molecular weight is 346 g/mol. The Hall–Kier alpha value is -2.12. The van der Waals surface area contributed by atoms with Gasteiger partial charge in [0.05, 0.1) is 17.6 Å². The van der Waals surface area contributed by atoms with Gasteiger partial charge in [-0.25, -0.2) is 4.99 Å². The number of nitrogens with one attached hydrogen (secondary N) is 1. The van der Waals surface area contributed by atoms with E-state index in [4.69, 9.17) is 26.8 Å². The van der Waals surface area contributed by atoms with Gasteiger partial charge >= 0.3 is 5.91 Å². The van der Waals surface area contributed by atoms with Gasteiger partial charge in [0.1, 0.15) is 0 Å². The molecule has 1 aromatic carbocycles. The fourth-order valence-corrected chi connectivity index (χ4v) is 5.05. The summed E-state index contributed by atoms with van der Waals surface area (Å²) in [5, 5.41) is 20.8. The van der Waals surface area contributed by atoms with Gasteiger partial charge in [-0.2, -0.15) is 10.5 Å². The molecular formula is C17H18ClN4O2+. The Balaban J connectivity index is 2.40. The number of hydrogen-bond donors (Lipinski definition) is 2. The first-order chi connectivity index (χ1) is 11.4. The second kappa shape index (κ2) is 4.94. The van der Waals surface area contributed by atoms with Crippen LogP contribution < -0.4 is 10.7 Å². The predicted octanol–water partition coefficient (Wildman–Crippen LogP) is 0.419. The highest BCUT2D eigenvalue weighted by Gasteiger charge is 3.03. The SMILES string of the molecule is CC[C@@]1(c2cccc(Cl)c2)[C@]2(C#N)C(N)=[NH+]C(OC)(OC)[C@@]21C#N. The molecule has 3 rings (SSSR count). The minimum absolute atomic E-state index is 0.178. The lowest BCUT2D eigenvalue weighted by Gasteiger charge is -2.31. The second-order valence-corrected chi connectivity index (χ2v) is 6.49. The van der Waals surface area contributed by atoms with Crippen LogP contribution in [0.4, 0.5) is 0 Å². The molecule has 0 radical (unpaired) electrons. The van der Waals surface area contributed by atoms with E-state index < -0.39 is 22.2 Å². The fourth-order valence-electron chi connectivity index (χ4n) is 4.86. The van der Waals surface area contributed by atoms with E-state index in [2.05, 4.69) is 17.1 Å². The van der Waals surface area contributed by atoms with Crippen molar-refractivity contribution < 1.29 is 14.5 Å². The molecule has 3 N–H and O–H groups in total. The highest BCUT2D eigenvalue weighted by atomic mass is 35.5. The van der Waals surface area contributed by atoms with Crippen LogP contribution in [0, 0.1) is 33.5 Å². The molecule has 1 saturated carbocycles. The zero-order chi connectivity index (χ0) is 17.8. The zero-order valence-electron chi connectivity index (χ0n) is 13.7. The number of nitrogens with zero attached hydrogens (tertiary/aromatic N) is 2. The van der Waals surface area contributed by atoms with E-state index in [-0.39, 0.29) is 5.84 Å². The third-order valence-electron chi connectivity index (χ3n) is 5.74. The van der Waals surface area contributed by atoms with E-state index >= 15 is 0 Å². The Morgan fingerprint density at radius 3 is 2.38 bits per heavy atom. The van der Waals surface area contributed by atoms with Crippen molar-refractivity contribution in [3.63, 3.8) is 0 Å². The molecule has 7 heteroatoms. The summed E-state index contributed by atoms with van der Waals surface area (Å²) < 4.78 is 11.1. The number of rotatable bonds is 4. The van der Waals surface area contributed by atoms with Gasteiger partial charge in [-0.3, -0.25) is 5.73 Å². The van der Waals surface area contributed by atoms with E-state index in [9.17, 15) is 10.5 Å². The van der Waals surface area contributed by atoms with E-state index in [0.29, 0.717) is 11.4 Å². The van der Waals surface area contributed by atoms with Crippen LogP contribution >= 0.6 is 11.6 Å². The molecular weight excluding hydrogens is 328 g/mol. The minimum Gasteiger partial charge on any atom is -0.317 e. The standard InChI is InChI=1S/C17H17ClN4O2/c1-4-14(11-6-5-7-12(18)8-11)15(9-19)13(21)22-17(23-2,24-3)16(14,15)10-20/h5-8H,4H2,1-3H3,(H2,21,22)/p+1/t14-,15+,16-/m1/s1. The maximum absolute atomic E-state index is 10.2. The molecule has 6 nitrogen and oxygen atoms in total. The first kappa shape index (κ1) is 16.7. The quantitative estimate of drug-likeness (QED) is 0.769. The molecule has 1 aliphatic carbocycles. The van der Waals surface area contributed by atoms with Crippen molar-refractivity contribution in [3.05, 3.63) is 34.9 Å². The highest BCUT2D eigenvalue weighted by molar-refractivity contribution is 6.30. The molecule has 0 spiro atoms. The number of benzene rings is 1. The van der Waals surface area contributed by atoms with Crippen molar-refractivity contribution in [2.75, 3.05) is 14.2 Å². The van der Waals surface area contributed by atoms with Gasteiger partial charge in [0.15, 0.2) is 10.8 Å². The largest absolute Gasteiger partial charge is 0.343 e. The molecule has 1 fully saturated rings. The van der Waals surface area contributed by atoms with Crippen molar-refractivity contribution >= 4 is 17.4 Å². The van der Waals surface area contributed by atoms with E-state index in [0.717, 1.165) is 5.56 Å². The average Bonchev–Trinajstić information content (AvgIpc) is 3.10. The lowest BCUT2D eigenvalue weighted by Crippen LogP contribution is -2.91. The summed E-state index contributed by atoms with van der Waals surface area (Å²) in [5.41, 5.74) is 3.48. The molecule has 0 unspecified atom stereocenters. The molecule has 2 aliphatic rings. The Morgan fingerprint density at radius 2 is 1.92 bits per heavy atom. The van der Waals surface area contributed by atoms with Crippen LogP contribution in [-0.4, -0.2) is 26.0 Å². The summed E-state index contributed by atoms with van der Waals surface area (Å²) >= 11 is 6.16. The third-order valence-corrected chi connectivity index (χ3v) is 5.97. The van der Waals surface area contributed by atoms with Gasteiger partial charge in [-0.15, -0.1) is 0 Å². The lowest BCUT2D eigenvalue weighted by atomic mass is 9.80. The number of ether oxygens (including phenoxy) is 2. The Labute approximate surface area is 145 Å². The monoisotopic (exact) mass is 345 g/mol. The maximum Gasteiger partial charge on any atom is 0.343 e. The minimum atomic E-state index is -1.51. The summed E-state index contributed by atoms with van der Waals surface area (Å²) in [7, 11) is 2.85. The number of halogens is 1. The first-order valence-corrected chi connectivity index (χ1v) is 7.91.